The van der Waals surface area contributed by atoms with Gasteiger partial charge in [0.15, 0.2) is 5.84 Å². The fourth-order valence-corrected chi connectivity index (χ4v) is 4.41. The number of aromatic nitrogens is 3. The van der Waals surface area contributed by atoms with E-state index in [-0.39, 0.29) is 5.82 Å². The Morgan fingerprint density at radius 1 is 0.921 bits per heavy atom. The van der Waals surface area contributed by atoms with Gasteiger partial charge in [0, 0.05) is 53.7 Å². The highest BCUT2D eigenvalue weighted by molar-refractivity contribution is 6.00. The molecule has 0 bridgehead atoms. The number of aliphatic imine (C=N–C) groups is 1. The zero-order valence-corrected chi connectivity index (χ0v) is 20.9. The minimum Gasteiger partial charge on any atom is -0.378 e. The molecule has 0 spiro atoms. The highest BCUT2D eigenvalue weighted by atomic mass is 19.1. The maximum Gasteiger partial charge on any atom is 0.227 e. The minimum atomic E-state index is -0.297. The van der Waals surface area contributed by atoms with Gasteiger partial charge in [-0.3, -0.25) is 15.4 Å². The molecule has 1 saturated heterocycles. The molecule has 0 amide bonds. The third-order valence-electron chi connectivity index (χ3n) is 6.44. The lowest BCUT2D eigenvalue weighted by Gasteiger charge is -2.29. The molecule has 2 aliphatic heterocycles. The number of pyridine rings is 1. The topological polar surface area (TPSA) is 90.8 Å². The van der Waals surface area contributed by atoms with Gasteiger partial charge < -0.3 is 15.0 Å². The van der Waals surface area contributed by atoms with Crippen molar-refractivity contribution in [2.24, 2.45) is 4.99 Å². The summed E-state index contributed by atoms with van der Waals surface area (Å²) in [5.74, 6) is 0.928. The van der Waals surface area contributed by atoms with E-state index in [2.05, 4.69) is 35.6 Å². The van der Waals surface area contributed by atoms with Crippen LogP contribution in [-0.2, 0) is 4.74 Å². The molecule has 2 N–H and O–H groups in total. The first-order valence-electron chi connectivity index (χ1n) is 12.5. The molecule has 4 aromatic rings. The Bertz CT molecular complexity index is 1450. The molecule has 0 atom stereocenters. The van der Waals surface area contributed by atoms with Gasteiger partial charge >= 0.3 is 0 Å². The number of halogens is 1. The number of rotatable bonds is 6. The molecular weight excluding hydrogens is 483 g/mol. The van der Waals surface area contributed by atoms with Crippen molar-refractivity contribution < 1.29 is 9.13 Å². The molecule has 10 heteroatoms. The SMILES string of the molecule is Cc1ccc(C2=NCN(c3ccc(Nc4nccc(-c5cc(F)cc(N6CCOCC6)c5)n4)cc3)N2)cn1. The number of nitrogens with zero attached hydrogens (tertiary/aromatic N) is 6. The number of morpholine rings is 1. The van der Waals surface area contributed by atoms with E-state index in [9.17, 15) is 4.39 Å². The van der Waals surface area contributed by atoms with Gasteiger partial charge in [-0.05, 0) is 67.6 Å². The first-order valence-corrected chi connectivity index (χ1v) is 12.5. The van der Waals surface area contributed by atoms with Crippen LogP contribution in [0, 0.1) is 12.7 Å². The molecule has 9 nitrogen and oxygen atoms in total. The van der Waals surface area contributed by atoms with E-state index in [1.54, 1.807) is 18.3 Å². The Labute approximate surface area is 220 Å². The van der Waals surface area contributed by atoms with Crippen molar-refractivity contribution in [1.29, 1.82) is 0 Å². The third-order valence-corrected chi connectivity index (χ3v) is 6.44. The second-order valence-corrected chi connectivity index (χ2v) is 9.11. The Morgan fingerprint density at radius 3 is 2.55 bits per heavy atom. The van der Waals surface area contributed by atoms with Gasteiger partial charge in [-0.1, -0.05) is 0 Å². The molecule has 1 fully saturated rings. The van der Waals surface area contributed by atoms with E-state index in [0.29, 0.717) is 37.1 Å². The molecule has 192 valence electrons. The molecule has 0 saturated carbocycles. The summed E-state index contributed by atoms with van der Waals surface area (Å²) in [6.07, 6.45) is 3.49. The average Bonchev–Trinajstić information content (AvgIpc) is 3.45. The third kappa shape index (κ3) is 5.25. The fourth-order valence-electron chi connectivity index (χ4n) is 4.41. The lowest BCUT2D eigenvalue weighted by atomic mass is 10.1. The van der Waals surface area contributed by atoms with E-state index < -0.39 is 0 Å². The molecular formula is C28H27FN8O. The van der Waals surface area contributed by atoms with Crippen LogP contribution in [0.5, 0.6) is 0 Å². The fraction of sp³-hybridized carbons (Fsp3) is 0.214. The van der Waals surface area contributed by atoms with Gasteiger partial charge in [0.2, 0.25) is 5.95 Å². The second-order valence-electron chi connectivity index (χ2n) is 9.11. The van der Waals surface area contributed by atoms with Crippen molar-refractivity contribution in [1.82, 2.24) is 20.4 Å². The lowest BCUT2D eigenvalue weighted by molar-refractivity contribution is 0.122. The monoisotopic (exact) mass is 510 g/mol. The molecule has 38 heavy (non-hydrogen) atoms. The zero-order chi connectivity index (χ0) is 25.9. The van der Waals surface area contributed by atoms with Crippen LogP contribution in [0.1, 0.15) is 11.3 Å². The van der Waals surface area contributed by atoms with Crippen LogP contribution in [0.4, 0.5) is 27.4 Å². The summed E-state index contributed by atoms with van der Waals surface area (Å²) in [6, 6.07) is 18.7. The number of benzene rings is 2. The summed E-state index contributed by atoms with van der Waals surface area (Å²) in [4.78, 5) is 20.0. The van der Waals surface area contributed by atoms with Gasteiger partial charge in [0.25, 0.3) is 0 Å². The minimum absolute atomic E-state index is 0.297. The number of hydrazine groups is 1. The van der Waals surface area contributed by atoms with Gasteiger partial charge in [0.05, 0.1) is 24.6 Å². The number of ether oxygens (including phenoxy) is 1. The number of amidine groups is 1. The van der Waals surface area contributed by atoms with Gasteiger partial charge in [-0.2, -0.15) is 0 Å². The summed E-state index contributed by atoms with van der Waals surface area (Å²) in [5, 5.41) is 5.21. The Balaban J connectivity index is 1.13. The number of aryl methyl sites for hydroxylation is 1. The number of nitrogens with one attached hydrogen (secondary N) is 2. The molecule has 4 heterocycles. The summed E-state index contributed by atoms with van der Waals surface area (Å²) in [6.45, 7) is 5.21. The maximum absolute atomic E-state index is 14.5. The van der Waals surface area contributed by atoms with Crippen LogP contribution in [-0.4, -0.2) is 53.8 Å². The van der Waals surface area contributed by atoms with E-state index in [0.717, 1.165) is 47.2 Å². The second kappa shape index (κ2) is 10.4. The van der Waals surface area contributed by atoms with Crippen molar-refractivity contribution in [3.8, 4) is 11.3 Å². The van der Waals surface area contributed by atoms with Crippen LogP contribution < -0.4 is 20.7 Å². The first-order chi connectivity index (χ1) is 18.6. The molecule has 2 aromatic heterocycles. The Morgan fingerprint density at radius 2 is 1.76 bits per heavy atom. The first kappa shape index (κ1) is 23.8. The molecule has 0 aliphatic carbocycles. The van der Waals surface area contributed by atoms with Crippen LogP contribution in [0.2, 0.25) is 0 Å². The smallest absolute Gasteiger partial charge is 0.227 e. The Hall–Kier alpha value is -4.57. The number of anilines is 4. The summed E-state index contributed by atoms with van der Waals surface area (Å²) >= 11 is 0. The van der Waals surface area contributed by atoms with Crippen LogP contribution in [0.15, 0.2) is 78.0 Å². The maximum atomic E-state index is 14.5. The normalized spacial score (nSPS) is 15.3. The van der Waals surface area contributed by atoms with E-state index in [1.807, 2.05) is 60.6 Å². The van der Waals surface area contributed by atoms with Gasteiger partial charge in [-0.15, -0.1) is 0 Å². The summed E-state index contributed by atoms with van der Waals surface area (Å²) < 4.78 is 19.9. The van der Waals surface area contributed by atoms with Crippen LogP contribution in [0.25, 0.3) is 11.3 Å². The molecule has 6 rings (SSSR count). The van der Waals surface area contributed by atoms with Crippen molar-refractivity contribution >= 4 is 28.8 Å². The standard InChI is InChI=1S/C28H27FN8O/c1-19-2-3-20(17-31-19)27-32-18-37(35-27)24-6-4-23(5-7-24)33-28-30-9-8-26(34-28)21-14-22(29)16-25(15-21)36-10-12-38-13-11-36/h2-9,14-17H,10-13,18H2,1H3,(H,32,35)(H,30,33,34). The number of hydrogen-bond acceptors (Lipinski definition) is 9. The van der Waals surface area contributed by atoms with Crippen molar-refractivity contribution in [3.63, 3.8) is 0 Å². The average molecular weight is 511 g/mol. The largest absolute Gasteiger partial charge is 0.378 e. The van der Waals surface area contributed by atoms with Gasteiger partial charge in [0.1, 0.15) is 12.5 Å². The van der Waals surface area contributed by atoms with E-state index in [1.165, 1.54) is 6.07 Å². The summed E-state index contributed by atoms with van der Waals surface area (Å²) in [5.41, 5.74) is 9.22. The van der Waals surface area contributed by atoms with Crippen molar-refractivity contribution in [2.75, 3.05) is 48.2 Å². The highest BCUT2D eigenvalue weighted by Gasteiger charge is 2.17. The quantitative estimate of drug-likeness (QED) is 0.397. The summed E-state index contributed by atoms with van der Waals surface area (Å²) in [7, 11) is 0. The van der Waals surface area contributed by atoms with Crippen molar-refractivity contribution in [3.05, 3.63) is 90.1 Å². The molecule has 0 unspecified atom stereocenters. The predicted molar refractivity (Wildman–Crippen MR) is 146 cm³/mol. The number of hydrogen-bond donors (Lipinski definition) is 2. The predicted octanol–water partition coefficient (Wildman–Crippen LogP) is 4.30. The highest BCUT2D eigenvalue weighted by Crippen LogP contribution is 2.27. The van der Waals surface area contributed by atoms with Crippen LogP contribution >= 0.6 is 0 Å². The van der Waals surface area contributed by atoms with Crippen LogP contribution in [0.3, 0.4) is 0 Å². The van der Waals surface area contributed by atoms with Crippen molar-refractivity contribution in [2.45, 2.75) is 6.92 Å². The Kier molecular flexibility index (Phi) is 6.53. The lowest BCUT2D eigenvalue weighted by Crippen LogP contribution is -2.36. The van der Waals surface area contributed by atoms with E-state index >= 15 is 0 Å². The van der Waals surface area contributed by atoms with E-state index in [4.69, 9.17) is 4.74 Å². The molecule has 2 aromatic carbocycles. The van der Waals surface area contributed by atoms with Gasteiger partial charge in [-0.25, -0.2) is 19.4 Å². The molecule has 0 radical (unpaired) electrons. The molecule has 2 aliphatic rings. The zero-order valence-electron chi connectivity index (χ0n) is 20.9.